The number of hydrogen-bond donors (Lipinski definition) is 0. The van der Waals surface area contributed by atoms with Crippen LogP contribution in [0.15, 0.2) is 146 Å². The van der Waals surface area contributed by atoms with E-state index in [0.717, 1.165) is 38.3 Å². The maximum atomic E-state index is 5.21. The molecule has 0 spiro atoms. The Kier molecular flexibility index (Phi) is 5.16. The van der Waals surface area contributed by atoms with E-state index in [1.54, 1.807) is 0 Å². The van der Waals surface area contributed by atoms with Crippen LogP contribution in [0.25, 0.3) is 82.8 Å². The van der Waals surface area contributed by atoms with Crippen molar-refractivity contribution in [3.8, 4) is 28.7 Å². The van der Waals surface area contributed by atoms with Gasteiger partial charge in [-0.05, 0) is 50.5 Å². The third-order valence-corrected chi connectivity index (χ3v) is 8.42. The molecule has 0 saturated carbocycles. The van der Waals surface area contributed by atoms with Gasteiger partial charge < -0.3 is 0 Å². The van der Waals surface area contributed by atoms with E-state index in [-0.39, 0.29) is 0 Å². The lowest BCUT2D eigenvalue weighted by molar-refractivity contribution is 0.955. The SMILES string of the molecule is c1ccc2cc(-c3nc(-c4cccc5ccccc45)nc(-n4c5ccccc5c5c6ccccc6ccc54)n3)ccc2c1. The van der Waals surface area contributed by atoms with E-state index in [1.165, 1.54) is 26.9 Å². The zero-order chi connectivity index (χ0) is 28.3. The highest BCUT2D eigenvalue weighted by molar-refractivity contribution is 6.21. The second kappa shape index (κ2) is 9.33. The summed E-state index contributed by atoms with van der Waals surface area (Å²) in [4.78, 5) is 15.5. The van der Waals surface area contributed by atoms with Gasteiger partial charge in [0.2, 0.25) is 5.95 Å². The molecule has 9 aromatic rings. The Morgan fingerprint density at radius 1 is 0.395 bits per heavy atom. The van der Waals surface area contributed by atoms with Crippen molar-refractivity contribution in [1.29, 1.82) is 0 Å². The highest BCUT2D eigenvalue weighted by Gasteiger charge is 2.19. The summed E-state index contributed by atoms with van der Waals surface area (Å²) >= 11 is 0. The normalized spacial score (nSPS) is 11.7. The standard InChI is InChI=1S/C39H24N4/c1-2-13-28-24-29(21-20-25(28)10-1)37-40-38(32-18-9-14-26-11-3-5-15-30(26)32)42-39(41-37)43-34-19-8-7-17-33(34)36-31-16-6-4-12-27(31)22-23-35(36)43/h1-24H. The average molecular weight is 549 g/mol. The predicted molar refractivity (Wildman–Crippen MR) is 178 cm³/mol. The van der Waals surface area contributed by atoms with Gasteiger partial charge in [0.05, 0.1) is 11.0 Å². The number of hydrogen-bond acceptors (Lipinski definition) is 3. The molecule has 0 radical (unpaired) electrons. The van der Waals surface area contributed by atoms with Crippen LogP contribution >= 0.6 is 0 Å². The Morgan fingerprint density at radius 2 is 1.02 bits per heavy atom. The molecule has 2 heterocycles. The Bertz CT molecular complexity index is 2520. The molecule has 0 bridgehead atoms. The van der Waals surface area contributed by atoms with E-state index in [4.69, 9.17) is 15.0 Å². The number of fused-ring (bicyclic) bond motifs is 7. The molecule has 0 unspecified atom stereocenters. The van der Waals surface area contributed by atoms with E-state index in [1.807, 2.05) is 0 Å². The average Bonchev–Trinajstić information content (AvgIpc) is 3.42. The monoisotopic (exact) mass is 548 g/mol. The highest BCUT2D eigenvalue weighted by atomic mass is 15.2. The first-order valence-electron chi connectivity index (χ1n) is 14.5. The van der Waals surface area contributed by atoms with Gasteiger partial charge in [-0.2, -0.15) is 9.97 Å². The summed E-state index contributed by atoms with van der Waals surface area (Å²) in [5.74, 6) is 1.89. The summed E-state index contributed by atoms with van der Waals surface area (Å²) in [6.45, 7) is 0. The van der Waals surface area contributed by atoms with Gasteiger partial charge in [0.1, 0.15) is 0 Å². The fourth-order valence-electron chi connectivity index (χ4n) is 6.42. The van der Waals surface area contributed by atoms with E-state index >= 15 is 0 Å². The van der Waals surface area contributed by atoms with Gasteiger partial charge in [-0.25, -0.2) is 4.98 Å². The predicted octanol–water partition coefficient (Wildman–Crippen LogP) is 9.76. The van der Waals surface area contributed by atoms with E-state index in [0.29, 0.717) is 17.6 Å². The quantitative estimate of drug-likeness (QED) is 0.221. The fourth-order valence-corrected chi connectivity index (χ4v) is 6.42. The Balaban J connectivity index is 1.39. The van der Waals surface area contributed by atoms with Crippen molar-refractivity contribution in [2.45, 2.75) is 0 Å². The van der Waals surface area contributed by atoms with Gasteiger partial charge in [-0.15, -0.1) is 0 Å². The third kappa shape index (κ3) is 3.74. The van der Waals surface area contributed by atoms with Gasteiger partial charge >= 0.3 is 0 Å². The van der Waals surface area contributed by atoms with Gasteiger partial charge in [0.25, 0.3) is 0 Å². The Labute approximate surface area is 247 Å². The van der Waals surface area contributed by atoms with E-state index < -0.39 is 0 Å². The zero-order valence-corrected chi connectivity index (χ0v) is 23.1. The molecule has 0 aliphatic carbocycles. The highest BCUT2D eigenvalue weighted by Crippen LogP contribution is 2.37. The Hall–Kier alpha value is -5.87. The molecule has 4 heteroatoms. The fraction of sp³-hybridized carbons (Fsp3) is 0. The number of benzene rings is 7. The van der Waals surface area contributed by atoms with Crippen LogP contribution in [0, 0.1) is 0 Å². The van der Waals surface area contributed by atoms with Gasteiger partial charge in [0.15, 0.2) is 11.6 Å². The number of para-hydroxylation sites is 1. The Morgan fingerprint density at radius 3 is 1.88 bits per heavy atom. The van der Waals surface area contributed by atoms with Gasteiger partial charge in [-0.3, -0.25) is 4.57 Å². The van der Waals surface area contributed by atoms with Crippen LogP contribution in [0.4, 0.5) is 0 Å². The first kappa shape index (κ1) is 23.8. The summed E-state index contributed by atoms with van der Waals surface area (Å²) in [5.41, 5.74) is 4.07. The van der Waals surface area contributed by atoms with Crippen molar-refractivity contribution in [1.82, 2.24) is 19.5 Å². The molecule has 0 aliphatic rings. The molecule has 7 aromatic carbocycles. The molecule has 9 rings (SSSR count). The molecule has 2 aromatic heterocycles. The van der Waals surface area contributed by atoms with E-state index in [9.17, 15) is 0 Å². The maximum absolute atomic E-state index is 5.21. The molecule has 0 N–H and O–H groups in total. The summed E-state index contributed by atoms with van der Waals surface area (Å²) < 4.78 is 2.19. The molecule has 200 valence electrons. The minimum absolute atomic E-state index is 0.600. The summed E-state index contributed by atoms with van der Waals surface area (Å²) in [6, 6.07) is 50.9. The van der Waals surface area contributed by atoms with Crippen LogP contribution < -0.4 is 0 Å². The topological polar surface area (TPSA) is 43.6 Å². The molecule has 0 fully saturated rings. The minimum atomic E-state index is 0.600. The number of aromatic nitrogens is 4. The zero-order valence-electron chi connectivity index (χ0n) is 23.1. The lowest BCUT2D eigenvalue weighted by atomic mass is 10.0. The van der Waals surface area contributed by atoms with Crippen LogP contribution in [0.1, 0.15) is 0 Å². The third-order valence-electron chi connectivity index (χ3n) is 8.42. The van der Waals surface area contributed by atoms with Crippen LogP contribution in [-0.4, -0.2) is 19.5 Å². The molecule has 0 aliphatic heterocycles. The van der Waals surface area contributed by atoms with Gasteiger partial charge in [0, 0.05) is 21.9 Å². The first-order valence-corrected chi connectivity index (χ1v) is 14.5. The molecular formula is C39H24N4. The lowest BCUT2D eigenvalue weighted by Crippen LogP contribution is -2.06. The first-order chi connectivity index (χ1) is 21.3. The van der Waals surface area contributed by atoms with Crippen molar-refractivity contribution < 1.29 is 0 Å². The summed E-state index contributed by atoms with van der Waals surface area (Å²) in [7, 11) is 0. The number of nitrogens with zero attached hydrogens (tertiary/aromatic N) is 4. The van der Waals surface area contributed by atoms with Crippen molar-refractivity contribution >= 4 is 54.1 Å². The van der Waals surface area contributed by atoms with Crippen molar-refractivity contribution in [2.24, 2.45) is 0 Å². The largest absolute Gasteiger partial charge is 0.278 e. The second-order valence-corrected chi connectivity index (χ2v) is 10.9. The molecule has 4 nitrogen and oxygen atoms in total. The smallest absolute Gasteiger partial charge is 0.238 e. The minimum Gasteiger partial charge on any atom is -0.278 e. The van der Waals surface area contributed by atoms with Crippen LogP contribution in [-0.2, 0) is 0 Å². The molecule has 43 heavy (non-hydrogen) atoms. The van der Waals surface area contributed by atoms with Crippen molar-refractivity contribution in [3.63, 3.8) is 0 Å². The summed E-state index contributed by atoms with van der Waals surface area (Å²) in [5, 5.41) is 9.40. The molecule has 0 amide bonds. The number of rotatable bonds is 3. The van der Waals surface area contributed by atoms with Crippen LogP contribution in [0.3, 0.4) is 0 Å². The van der Waals surface area contributed by atoms with E-state index in [2.05, 4.69) is 150 Å². The van der Waals surface area contributed by atoms with Gasteiger partial charge in [-0.1, -0.05) is 127 Å². The van der Waals surface area contributed by atoms with Crippen molar-refractivity contribution in [2.75, 3.05) is 0 Å². The van der Waals surface area contributed by atoms with Crippen LogP contribution in [0.5, 0.6) is 0 Å². The lowest BCUT2D eigenvalue weighted by Gasteiger charge is -2.12. The molecular weight excluding hydrogens is 524 g/mol. The second-order valence-electron chi connectivity index (χ2n) is 10.9. The van der Waals surface area contributed by atoms with Crippen LogP contribution in [0.2, 0.25) is 0 Å². The van der Waals surface area contributed by atoms with Crippen molar-refractivity contribution in [3.05, 3.63) is 146 Å². The maximum Gasteiger partial charge on any atom is 0.238 e. The molecule has 0 saturated heterocycles. The molecule has 0 atom stereocenters. The summed E-state index contributed by atoms with van der Waals surface area (Å²) in [6.07, 6.45) is 0.